The molecular weight excluding hydrogens is 442 g/mol. The first-order chi connectivity index (χ1) is 16.2. The average Bonchev–Trinajstić information content (AvgIpc) is 3.18. The molecule has 178 valence electrons. The number of nitrogens with one attached hydrogen (secondary N) is 1. The molecular formula is C23H25N5O6. The number of nitrogens with zero attached hydrogens (tertiary/aromatic N) is 3. The van der Waals surface area contributed by atoms with Crippen LogP contribution in [0.5, 0.6) is 0 Å². The Morgan fingerprint density at radius 1 is 1.32 bits per heavy atom. The van der Waals surface area contributed by atoms with Crippen molar-refractivity contribution in [2.24, 2.45) is 10.7 Å². The summed E-state index contributed by atoms with van der Waals surface area (Å²) in [6.45, 7) is 0.546. The molecule has 34 heavy (non-hydrogen) atoms. The fourth-order valence-electron chi connectivity index (χ4n) is 3.94. The fourth-order valence-corrected chi connectivity index (χ4v) is 3.94. The van der Waals surface area contributed by atoms with Crippen LogP contribution in [0, 0.1) is 0 Å². The molecule has 1 saturated heterocycles. The van der Waals surface area contributed by atoms with Crippen LogP contribution in [0.1, 0.15) is 11.1 Å². The molecule has 0 bridgehead atoms. The molecule has 2 aliphatic heterocycles. The highest BCUT2D eigenvalue weighted by atomic mass is 16.5. The molecule has 1 fully saturated rings. The van der Waals surface area contributed by atoms with Crippen molar-refractivity contribution in [3.8, 4) is 0 Å². The van der Waals surface area contributed by atoms with Gasteiger partial charge in [-0.25, -0.2) is 0 Å². The number of carbonyl (C=O) groups is 3. The maximum atomic E-state index is 13.1. The maximum absolute atomic E-state index is 13.1. The molecule has 5 N–H and O–H groups in total. The standard InChI is InChI=1S/C23H25N5O6/c1-27(12-18(29)30)15-3-2-4-16(10-15)28-7-8-34-20(23(28)33)19(31)22(32)26-14-5-6-17-13(9-14)11-25-21(17)24/h2-6,9-10,19-20,31H,7-8,11-12H2,1H3,(H2,24,25)(H,26,32)(H,29,30)/t19-,20-/m1/s1. The first-order valence-electron chi connectivity index (χ1n) is 10.6. The number of aliphatic hydroxyl groups excluding tert-OH is 1. The molecule has 2 aromatic carbocycles. The van der Waals surface area contributed by atoms with Gasteiger partial charge < -0.3 is 35.8 Å². The summed E-state index contributed by atoms with van der Waals surface area (Å²) < 4.78 is 5.46. The van der Waals surface area contributed by atoms with Crippen LogP contribution >= 0.6 is 0 Å². The number of fused-ring (bicyclic) bond motifs is 1. The van der Waals surface area contributed by atoms with E-state index in [1.165, 1.54) is 9.80 Å². The number of carboxylic acids is 1. The zero-order valence-electron chi connectivity index (χ0n) is 18.5. The summed E-state index contributed by atoms with van der Waals surface area (Å²) in [5.41, 5.74) is 9.02. The first kappa shape index (κ1) is 23.2. The third-order valence-electron chi connectivity index (χ3n) is 5.70. The maximum Gasteiger partial charge on any atom is 0.323 e. The molecule has 11 nitrogen and oxygen atoms in total. The van der Waals surface area contributed by atoms with Crippen LogP contribution in [0.25, 0.3) is 0 Å². The number of ether oxygens (including phenoxy) is 1. The highest BCUT2D eigenvalue weighted by Crippen LogP contribution is 2.26. The Morgan fingerprint density at radius 3 is 2.88 bits per heavy atom. The molecule has 2 amide bonds. The van der Waals surface area contributed by atoms with Crippen molar-refractivity contribution in [3.63, 3.8) is 0 Å². The van der Waals surface area contributed by atoms with E-state index in [9.17, 15) is 19.5 Å². The largest absolute Gasteiger partial charge is 0.480 e. The number of aliphatic imine (C=N–C) groups is 1. The lowest BCUT2D eigenvalue weighted by atomic mass is 10.1. The lowest BCUT2D eigenvalue weighted by Gasteiger charge is -2.34. The van der Waals surface area contributed by atoms with E-state index in [1.54, 1.807) is 49.5 Å². The van der Waals surface area contributed by atoms with Gasteiger partial charge in [0.05, 0.1) is 13.2 Å². The predicted octanol–water partition coefficient (Wildman–Crippen LogP) is 0.158. The number of hydrogen-bond acceptors (Lipinski definition) is 8. The van der Waals surface area contributed by atoms with Crippen molar-refractivity contribution in [1.82, 2.24) is 0 Å². The van der Waals surface area contributed by atoms with Gasteiger partial charge in [-0.05, 0) is 42.0 Å². The Kier molecular flexibility index (Phi) is 6.48. The lowest BCUT2D eigenvalue weighted by molar-refractivity contribution is -0.150. The summed E-state index contributed by atoms with van der Waals surface area (Å²) in [7, 11) is 1.63. The first-order valence-corrected chi connectivity index (χ1v) is 10.6. The average molecular weight is 467 g/mol. The third-order valence-corrected chi connectivity index (χ3v) is 5.70. The number of morpholine rings is 1. The Hall–Kier alpha value is -3.96. The van der Waals surface area contributed by atoms with Crippen LogP contribution in [-0.2, 0) is 25.7 Å². The zero-order valence-corrected chi connectivity index (χ0v) is 18.5. The van der Waals surface area contributed by atoms with Crippen molar-refractivity contribution < 1.29 is 29.3 Å². The SMILES string of the molecule is CN(CC(=O)O)c1cccc(N2CCO[C@H]([C@@H](O)C(=O)Nc3ccc4c(c3)CN=C4N)C2=O)c1. The van der Waals surface area contributed by atoms with Crippen molar-refractivity contribution in [2.75, 3.05) is 41.9 Å². The van der Waals surface area contributed by atoms with Gasteiger partial charge >= 0.3 is 5.97 Å². The van der Waals surface area contributed by atoms with E-state index in [-0.39, 0.29) is 19.7 Å². The number of amides is 2. The van der Waals surface area contributed by atoms with Gasteiger partial charge in [-0.1, -0.05) is 6.07 Å². The Balaban J connectivity index is 1.45. The molecule has 0 radical (unpaired) electrons. The summed E-state index contributed by atoms with van der Waals surface area (Å²) in [5.74, 6) is -1.89. The van der Waals surface area contributed by atoms with Crippen LogP contribution in [0.3, 0.4) is 0 Å². The van der Waals surface area contributed by atoms with Crippen molar-refractivity contribution in [1.29, 1.82) is 0 Å². The van der Waals surface area contributed by atoms with Crippen LogP contribution in [0.15, 0.2) is 47.5 Å². The molecule has 2 aromatic rings. The van der Waals surface area contributed by atoms with Crippen molar-refractivity contribution >= 4 is 40.7 Å². The van der Waals surface area contributed by atoms with Crippen molar-refractivity contribution in [2.45, 2.75) is 18.8 Å². The lowest BCUT2D eigenvalue weighted by Crippen LogP contribution is -2.55. The molecule has 0 saturated carbocycles. The second-order valence-corrected chi connectivity index (χ2v) is 8.06. The van der Waals surface area contributed by atoms with Gasteiger partial charge in [0.1, 0.15) is 12.4 Å². The topological polar surface area (TPSA) is 158 Å². The van der Waals surface area contributed by atoms with E-state index in [0.29, 0.717) is 29.4 Å². The monoisotopic (exact) mass is 467 g/mol. The predicted molar refractivity (Wildman–Crippen MR) is 125 cm³/mol. The number of aliphatic carboxylic acids is 1. The van der Waals surface area contributed by atoms with Gasteiger partial charge in [-0.2, -0.15) is 0 Å². The van der Waals surface area contributed by atoms with Gasteiger partial charge in [0.15, 0.2) is 12.2 Å². The van der Waals surface area contributed by atoms with Gasteiger partial charge in [-0.15, -0.1) is 0 Å². The number of benzene rings is 2. The van der Waals surface area contributed by atoms with Crippen molar-refractivity contribution in [3.05, 3.63) is 53.6 Å². The Bertz CT molecular complexity index is 1170. The molecule has 11 heteroatoms. The van der Waals surface area contributed by atoms with Gasteiger partial charge in [-0.3, -0.25) is 19.4 Å². The number of likely N-dealkylation sites (N-methyl/N-ethyl adjacent to an activating group) is 1. The number of hydrogen-bond donors (Lipinski definition) is 4. The fraction of sp³-hybridized carbons (Fsp3) is 0.304. The molecule has 2 atom stereocenters. The number of aliphatic hydroxyl groups is 1. The number of carboxylic acid groups (broad SMARTS) is 1. The normalized spacial score (nSPS) is 18.2. The second-order valence-electron chi connectivity index (χ2n) is 8.06. The Labute approximate surface area is 195 Å². The van der Waals surface area contributed by atoms with E-state index in [2.05, 4.69) is 10.3 Å². The Morgan fingerprint density at radius 2 is 2.12 bits per heavy atom. The zero-order chi connectivity index (χ0) is 24.4. The molecule has 2 aliphatic rings. The van der Waals surface area contributed by atoms with Gasteiger partial charge in [0.2, 0.25) is 0 Å². The summed E-state index contributed by atoms with van der Waals surface area (Å²) in [6, 6.07) is 11.9. The van der Waals surface area contributed by atoms with Crippen LogP contribution < -0.4 is 20.9 Å². The smallest absolute Gasteiger partial charge is 0.323 e. The summed E-state index contributed by atoms with van der Waals surface area (Å²) >= 11 is 0. The number of anilines is 3. The number of rotatable bonds is 7. The minimum absolute atomic E-state index is 0.116. The van der Waals surface area contributed by atoms with Crippen LogP contribution in [0.4, 0.5) is 17.1 Å². The number of nitrogens with two attached hydrogens (primary N) is 1. The molecule has 0 unspecified atom stereocenters. The summed E-state index contributed by atoms with van der Waals surface area (Å²) in [4.78, 5) is 43.9. The summed E-state index contributed by atoms with van der Waals surface area (Å²) in [5, 5.41) is 22.2. The number of amidine groups is 1. The molecule has 0 aliphatic carbocycles. The van der Waals surface area contributed by atoms with Crippen LogP contribution in [0.2, 0.25) is 0 Å². The van der Waals surface area contributed by atoms with E-state index < -0.39 is 30.0 Å². The molecule has 0 aromatic heterocycles. The van der Waals surface area contributed by atoms with Crippen LogP contribution in [-0.4, -0.2) is 72.8 Å². The van der Waals surface area contributed by atoms with Gasteiger partial charge in [0, 0.05) is 36.2 Å². The van der Waals surface area contributed by atoms with E-state index in [1.807, 2.05) is 0 Å². The minimum Gasteiger partial charge on any atom is -0.480 e. The molecule has 4 rings (SSSR count). The highest BCUT2D eigenvalue weighted by molar-refractivity contribution is 6.05. The van der Waals surface area contributed by atoms with Gasteiger partial charge in [0.25, 0.3) is 11.8 Å². The minimum atomic E-state index is -1.73. The number of carbonyl (C=O) groups excluding carboxylic acids is 2. The molecule has 2 heterocycles. The highest BCUT2D eigenvalue weighted by Gasteiger charge is 2.39. The second kappa shape index (κ2) is 9.49. The van der Waals surface area contributed by atoms with E-state index >= 15 is 0 Å². The van der Waals surface area contributed by atoms with E-state index in [4.69, 9.17) is 15.6 Å². The summed E-state index contributed by atoms with van der Waals surface area (Å²) in [6.07, 6.45) is -3.12. The third kappa shape index (κ3) is 4.70. The molecule has 0 spiro atoms. The van der Waals surface area contributed by atoms with E-state index in [0.717, 1.165) is 11.1 Å². The quantitative estimate of drug-likeness (QED) is 0.448.